The zero-order valence-corrected chi connectivity index (χ0v) is 10.7. The first kappa shape index (κ1) is 12.9. The number of carbonyl (C=O) groups excluding carboxylic acids is 1. The van der Waals surface area contributed by atoms with E-state index in [1.807, 2.05) is 25.1 Å². The van der Waals surface area contributed by atoms with Crippen LogP contribution in [0.5, 0.6) is 0 Å². The molecule has 1 aliphatic heterocycles. The topological polar surface area (TPSA) is 64.3 Å². The van der Waals surface area contributed by atoms with Crippen LogP contribution < -0.4 is 11.1 Å². The average Bonchev–Trinajstić information content (AvgIpc) is 2.83. The van der Waals surface area contributed by atoms with Crippen molar-refractivity contribution in [1.29, 1.82) is 0 Å². The third-order valence-corrected chi connectivity index (χ3v) is 3.20. The highest BCUT2D eigenvalue weighted by atomic mass is 16.5. The molecule has 1 aromatic carbocycles. The Kier molecular flexibility index (Phi) is 4.20. The van der Waals surface area contributed by atoms with Crippen molar-refractivity contribution in [3.8, 4) is 0 Å². The van der Waals surface area contributed by atoms with E-state index in [2.05, 4.69) is 5.32 Å². The molecule has 18 heavy (non-hydrogen) atoms. The molecule has 1 aliphatic rings. The highest BCUT2D eigenvalue weighted by molar-refractivity contribution is 5.80. The lowest BCUT2D eigenvalue weighted by Gasteiger charge is -2.11. The lowest BCUT2D eigenvalue weighted by molar-refractivity contribution is -0.120. The predicted octanol–water partition coefficient (Wildman–Crippen LogP) is 1.41. The molecule has 1 atom stereocenters. The number of ether oxygens (including phenoxy) is 1. The predicted molar refractivity (Wildman–Crippen MR) is 71.3 cm³/mol. The van der Waals surface area contributed by atoms with Crippen LogP contribution in [0.1, 0.15) is 24.0 Å². The lowest BCUT2D eigenvalue weighted by atomic mass is 10.1. The van der Waals surface area contributed by atoms with E-state index in [9.17, 15) is 4.79 Å². The molecule has 1 amide bonds. The van der Waals surface area contributed by atoms with Gasteiger partial charge in [-0.2, -0.15) is 0 Å². The van der Waals surface area contributed by atoms with Crippen molar-refractivity contribution in [1.82, 2.24) is 5.32 Å². The second-order valence-corrected chi connectivity index (χ2v) is 4.82. The molecule has 3 N–H and O–H groups in total. The summed E-state index contributed by atoms with van der Waals surface area (Å²) < 4.78 is 5.45. The maximum atomic E-state index is 11.8. The molecule has 0 aliphatic carbocycles. The molecule has 1 unspecified atom stereocenters. The first-order valence-corrected chi connectivity index (χ1v) is 6.38. The van der Waals surface area contributed by atoms with Crippen molar-refractivity contribution >= 4 is 11.6 Å². The van der Waals surface area contributed by atoms with Crippen LogP contribution in [0.4, 0.5) is 5.69 Å². The number of nitrogens with two attached hydrogens (primary N) is 1. The molecule has 0 bridgehead atoms. The highest BCUT2D eigenvalue weighted by Crippen LogP contribution is 2.14. The molecule has 1 fully saturated rings. The maximum absolute atomic E-state index is 11.8. The Bertz CT molecular complexity index is 426. The van der Waals surface area contributed by atoms with Gasteiger partial charge in [0.2, 0.25) is 5.91 Å². The number of rotatable bonds is 4. The van der Waals surface area contributed by atoms with Gasteiger partial charge in [-0.25, -0.2) is 0 Å². The summed E-state index contributed by atoms with van der Waals surface area (Å²) in [5.41, 5.74) is 8.55. The minimum atomic E-state index is 0.000975. The van der Waals surface area contributed by atoms with Gasteiger partial charge in [0.15, 0.2) is 0 Å². The lowest BCUT2D eigenvalue weighted by Crippen LogP contribution is -2.32. The van der Waals surface area contributed by atoms with E-state index in [1.165, 1.54) is 0 Å². The Hall–Kier alpha value is -1.55. The molecule has 1 aromatic rings. The summed E-state index contributed by atoms with van der Waals surface area (Å²) in [6.45, 7) is 3.40. The number of aryl methyl sites for hydroxylation is 1. The highest BCUT2D eigenvalue weighted by Gasteiger charge is 2.16. The number of anilines is 1. The quantitative estimate of drug-likeness (QED) is 0.792. The first-order valence-electron chi connectivity index (χ1n) is 6.38. The molecular weight excluding hydrogens is 228 g/mol. The Morgan fingerprint density at radius 1 is 1.56 bits per heavy atom. The van der Waals surface area contributed by atoms with Gasteiger partial charge in [-0.15, -0.1) is 0 Å². The zero-order chi connectivity index (χ0) is 13.0. The standard InChI is InChI=1S/C14H20N2O2/c1-10-4-5-11(13(15)7-10)8-14(17)16-9-12-3-2-6-18-12/h4-5,7,12H,2-3,6,8-9,15H2,1H3,(H,16,17). The fraction of sp³-hybridized carbons (Fsp3) is 0.500. The summed E-state index contributed by atoms with van der Waals surface area (Å²) in [5.74, 6) is 0.000975. The minimum absolute atomic E-state index is 0.000975. The molecule has 4 nitrogen and oxygen atoms in total. The van der Waals surface area contributed by atoms with Gasteiger partial charge in [-0.1, -0.05) is 12.1 Å². The minimum Gasteiger partial charge on any atom is -0.398 e. The Labute approximate surface area is 108 Å². The van der Waals surface area contributed by atoms with Gasteiger partial charge in [-0.05, 0) is 37.0 Å². The molecular formula is C14H20N2O2. The van der Waals surface area contributed by atoms with Gasteiger partial charge in [0.1, 0.15) is 0 Å². The number of nitrogens with one attached hydrogen (secondary N) is 1. The molecule has 4 heteroatoms. The van der Waals surface area contributed by atoms with Crippen molar-refractivity contribution in [2.75, 3.05) is 18.9 Å². The van der Waals surface area contributed by atoms with Crippen LogP contribution in [0, 0.1) is 6.92 Å². The summed E-state index contributed by atoms with van der Waals surface area (Å²) in [5, 5.41) is 2.90. The molecule has 0 saturated carbocycles. The van der Waals surface area contributed by atoms with E-state index in [0.29, 0.717) is 18.7 Å². The van der Waals surface area contributed by atoms with Gasteiger partial charge in [0, 0.05) is 18.8 Å². The molecule has 98 valence electrons. The first-order chi connectivity index (χ1) is 8.65. The van der Waals surface area contributed by atoms with Crippen molar-refractivity contribution in [2.45, 2.75) is 32.3 Å². The van der Waals surface area contributed by atoms with Crippen LogP contribution in [-0.2, 0) is 16.0 Å². The monoisotopic (exact) mass is 248 g/mol. The van der Waals surface area contributed by atoms with Crippen LogP contribution in [0.15, 0.2) is 18.2 Å². The summed E-state index contributed by atoms with van der Waals surface area (Å²) in [6, 6.07) is 5.78. The van der Waals surface area contributed by atoms with Gasteiger partial charge in [0.25, 0.3) is 0 Å². The summed E-state index contributed by atoms with van der Waals surface area (Å²) >= 11 is 0. The second kappa shape index (κ2) is 5.87. The van der Waals surface area contributed by atoms with Gasteiger partial charge >= 0.3 is 0 Å². The number of carbonyl (C=O) groups is 1. The Morgan fingerprint density at radius 2 is 2.39 bits per heavy atom. The largest absolute Gasteiger partial charge is 0.398 e. The van der Waals surface area contributed by atoms with Crippen molar-refractivity contribution in [2.24, 2.45) is 0 Å². The van der Waals surface area contributed by atoms with Gasteiger partial charge in [0.05, 0.1) is 12.5 Å². The molecule has 0 spiro atoms. The maximum Gasteiger partial charge on any atom is 0.224 e. The fourth-order valence-corrected chi connectivity index (χ4v) is 2.14. The van der Waals surface area contributed by atoms with Gasteiger partial charge in [-0.3, -0.25) is 4.79 Å². The molecule has 2 rings (SSSR count). The molecule has 1 saturated heterocycles. The van der Waals surface area contributed by atoms with E-state index in [4.69, 9.17) is 10.5 Å². The van der Waals surface area contributed by atoms with Crippen molar-refractivity contribution in [3.05, 3.63) is 29.3 Å². The summed E-state index contributed by atoms with van der Waals surface area (Å²) in [4.78, 5) is 11.8. The summed E-state index contributed by atoms with van der Waals surface area (Å²) in [6.07, 6.45) is 2.64. The average molecular weight is 248 g/mol. The van der Waals surface area contributed by atoms with Crippen LogP contribution in [0.2, 0.25) is 0 Å². The number of benzene rings is 1. The van der Waals surface area contributed by atoms with E-state index in [1.54, 1.807) is 0 Å². The van der Waals surface area contributed by atoms with Crippen LogP contribution in [0.25, 0.3) is 0 Å². The van der Waals surface area contributed by atoms with E-state index in [-0.39, 0.29) is 12.0 Å². The third-order valence-electron chi connectivity index (χ3n) is 3.20. The van der Waals surface area contributed by atoms with Crippen LogP contribution >= 0.6 is 0 Å². The molecule has 0 aromatic heterocycles. The van der Waals surface area contributed by atoms with E-state index < -0.39 is 0 Å². The fourth-order valence-electron chi connectivity index (χ4n) is 2.14. The second-order valence-electron chi connectivity index (χ2n) is 4.82. The SMILES string of the molecule is Cc1ccc(CC(=O)NCC2CCCO2)c(N)c1. The Balaban J connectivity index is 1.82. The molecule has 1 heterocycles. The van der Waals surface area contributed by atoms with Crippen molar-refractivity contribution < 1.29 is 9.53 Å². The third kappa shape index (κ3) is 3.47. The smallest absolute Gasteiger partial charge is 0.224 e. The van der Waals surface area contributed by atoms with Crippen LogP contribution in [-0.4, -0.2) is 25.2 Å². The number of amides is 1. The molecule has 0 radical (unpaired) electrons. The Morgan fingerprint density at radius 3 is 3.06 bits per heavy atom. The zero-order valence-electron chi connectivity index (χ0n) is 10.7. The number of nitrogen functional groups attached to an aromatic ring is 1. The summed E-state index contributed by atoms with van der Waals surface area (Å²) in [7, 11) is 0. The van der Waals surface area contributed by atoms with E-state index >= 15 is 0 Å². The number of hydrogen-bond acceptors (Lipinski definition) is 3. The van der Waals surface area contributed by atoms with E-state index in [0.717, 1.165) is 30.6 Å². The van der Waals surface area contributed by atoms with Gasteiger partial charge < -0.3 is 15.8 Å². The van der Waals surface area contributed by atoms with Crippen LogP contribution in [0.3, 0.4) is 0 Å². The number of hydrogen-bond donors (Lipinski definition) is 2. The van der Waals surface area contributed by atoms with Crippen molar-refractivity contribution in [3.63, 3.8) is 0 Å². The normalized spacial score (nSPS) is 18.8.